The van der Waals surface area contributed by atoms with Crippen LogP contribution in [0.1, 0.15) is 0 Å². The van der Waals surface area contributed by atoms with Crippen LogP contribution in [-0.2, 0) is 4.79 Å². The largest absolute Gasteiger partial charge is 0.497 e. The van der Waals surface area contributed by atoms with Crippen molar-refractivity contribution in [2.75, 3.05) is 19.0 Å². The molecule has 0 atom stereocenters. The number of hydrogen-bond donors (Lipinski definition) is 1. The van der Waals surface area contributed by atoms with Crippen molar-refractivity contribution in [3.05, 3.63) is 78.6 Å². The zero-order chi connectivity index (χ0) is 21.6. The molecule has 0 aliphatic rings. The SMILES string of the molecule is COc1ccc(-c2nc(-c3cccc(OCC(=O)Nc4ccc(F)cc4)c3)no2)cc1. The van der Waals surface area contributed by atoms with Crippen LogP contribution in [0.3, 0.4) is 0 Å². The van der Waals surface area contributed by atoms with E-state index in [0.29, 0.717) is 28.7 Å². The van der Waals surface area contributed by atoms with Gasteiger partial charge in [-0.3, -0.25) is 4.79 Å². The highest BCUT2D eigenvalue weighted by Gasteiger charge is 2.12. The van der Waals surface area contributed by atoms with Crippen molar-refractivity contribution in [1.29, 1.82) is 0 Å². The summed E-state index contributed by atoms with van der Waals surface area (Å²) in [7, 11) is 1.60. The molecule has 1 heterocycles. The average Bonchev–Trinajstić information content (AvgIpc) is 3.30. The minimum atomic E-state index is -0.373. The molecule has 4 rings (SSSR count). The Morgan fingerprint density at radius 3 is 2.52 bits per heavy atom. The van der Waals surface area contributed by atoms with Gasteiger partial charge in [-0.1, -0.05) is 17.3 Å². The van der Waals surface area contributed by atoms with Crippen molar-refractivity contribution in [2.45, 2.75) is 0 Å². The minimum absolute atomic E-state index is 0.204. The van der Waals surface area contributed by atoms with E-state index in [9.17, 15) is 9.18 Å². The van der Waals surface area contributed by atoms with Crippen molar-refractivity contribution >= 4 is 11.6 Å². The van der Waals surface area contributed by atoms with Crippen molar-refractivity contribution in [3.63, 3.8) is 0 Å². The first-order chi connectivity index (χ1) is 15.1. The molecule has 0 bridgehead atoms. The summed E-state index contributed by atoms with van der Waals surface area (Å²) in [5, 5.41) is 6.66. The molecule has 156 valence electrons. The van der Waals surface area contributed by atoms with Crippen LogP contribution in [0.5, 0.6) is 11.5 Å². The van der Waals surface area contributed by atoms with Gasteiger partial charge in [0.05, 0.1) is 7.11 Å². The molecule has 0 saturated heterocycles. The van der Waals surface area contributed by atoms with Crippen LogP contribution in [-0.4, -0.2) is 29.8 Å². The molecule has 3 aromatic carbocycles. The first-order valence-corrected chi connectivity index (χ1v) is 9.37. The van der Waals surface area contributed by atoms with Gasteiger partial charge in [0.1, 0.15) is 17.3 Å². The molecule has 1 N–H and O–H groups in total. The lowest BCUT2D eigenvalue weighted by Crippen LogP contribution is -2.20. The van der Waals surface area contributed by atoms with Gasteiger partial charge < -0.3 is 19.3 Å². The van der Waals surface area contributed by atoms with Crippen LogP contribution < -0.4 is 14.8 Å². The summed E-state index contributed by atoms with van der Waals surface area (Å²) in [5.41, 5.74) is 1.94. The van der Waals surface area contributed by atoms with Gasteiger partial charge in [-0.2, -0.15) is 4.98 Å². The lowest BCUT2D eigenvalue weighted by Gasteiger charge is -2.08. The quantitative estimate of drug-likeness (QED) is 0.472. The molecule has 0 spiro atoms. The Morgan fingerprint density at radius 2 is 1.77 bits per heavy atom. The fraction of sp³-hybridized carbons (Fsp3) is 0.0870. The van der Waals surface area contributed by atoms with E-state index < -0.39 is 0 Å². The number of rotatable bonds is 7. The predicted molar refractivity (Wildman–Crippen MR) is 112 cm³/mol. The molecule has 31 heavy (non-hydrogen) atoms. The molecule has 0 saturated carbocycles. The second-order valence-electron chi connectivity index (χ2n) is 6.52. The summed E-state index contributed by atoms with van der Waals surface area (Å²) < 4.78 is 29.0. The Hall–Kier alpha value is -4.20. The maximum atomic E-state index is 12.9. The third-order valence-electron chi connectivity index (χ3n) is 4.35. The minimum Gasteiger partial charge on any atom is -0.497 e. The number of amides is 1. The van der Waals surface area contributed by atoms with Crippen molar-refractivity contribution in [1.82, 2.24) is 10.1 Å². The topological polar surface area (TPSA) is 86.5 Å². The van der Waals surface area contributed by atoms with Crippen LogP contribution in [0.2, 0.25) is 0 Å². The molecule has 0 aliphatic heterocycles. The average molecular weight is 419 g/mol. The van der Waals surface area contributed by atoms with E-state index in [1.54, 1.807) is 25.3 Å². The molecule has 8 heteroatoms. The highest BCUT2D eigenvalue weighted by Crippen LogP contribution is 2.26. The monoisotopic (exact) mass is 419 g/mol. The van der Waals surface area contributed by atoms with E-state index in [1.165, 1.54) is 24.3 Å². The number of carbonyl (C=O) groups excluding carboxylic acids is 1. The third-order valence-corrected chi connectivity index (χ3v) is 4.35. The molecule has 0 fully saturated rings. The summed E-state index contributed by atoms with van der Waals surface area (Å²) >= 11 is 0. The fourth-order valence-electron chi connectivity index (χ4n) is 2.80. The molecular weight excluding hydrogens is 401 g/mol. The Bertz CT molecular complexity index is 1170. The standard InChI is InChI=1S/C23H18FN3O4/c1-29-19-11-5-15(6-12-19)23-26-22(27-31-23)16-3-2-4-20(13-16)30-14-21(28)25-18-9-7-17(24)8-10-18/h2-13H,14H2,1H3,(H,25,28). The third kappa shape index (κ3) is 5.05. The van der Waals surface area contributed by atoms with E-state index in [4.69, 9.17) is 14.0 Å². The first-order valence-electron chi connectivity index (χ1n) is 9.37. The van der Waals surface area contributed by atoms with E-state index >= 15 is 0 Å². The number of anilines is 1. The number of benzene rings is 3. The second-order valence-corrected chi connectivity index (χ2v) is 6.52. The summed E-state index contributed by atoms with van der Waals surface area (Å²) in [4.78, 5) is 16.5. The van der Waals surface area contributed by atoms with Crippen LogP contribution in [0.25, 0.3) is 22.8 Å². The predicted octanol–water partition coefficient (Wildman–Crippen LogP) is 4.57. The first kappa shape index (κ1) is 20.1. The van der Waals surface area contributed by atoms with Gasteiger partial charge in [-0.15, -0.1) is 0 Å². The summed E-state index contributed by atoms with van der Waals surface area (Å²) in [6, 6.07) is 19.8. The fourth-order valence-corrected chi connectivity index (χ4v) is 2.80. The van der Waals surface area contributed by atoms with Crippen molar-refractivity contribution in [3.8, 4) is 34.3 Å². The van der Waals surface area contributed by atoms with Crippen molar-refractivity contribution in [2.24, 2.45) is 0 Å². The maximum absolute atomic E-state index is 12.9. The van der Waals surface area contributed by atoms with Crippen molar-refractivity contribution < 1.29 is 23.2 Å². The number of carbonyl (C=O) groups is 1. The zero-order valence-corrected chi connectivity index (χ0v) is 16.5. The molecule has 1 aromatic heterocycles. The summed E-state index contributed by atoms with van der Waals surface area (Å²) in [6.07, 6.45) is 0. The van der Waals surface area contributed by atoms with Gasteiger partial charge in [0.2, 0.25) is 5.82 Å². The van der Waals surface area contributed by atoms with E-state index in [1.807, 2.05) is 30.3 Å². The van der Waals surface area contributed by atoms with Gasteiger partial charge in [0, 0.05) is 16.8 Å². The highest BCUT2D eigenvalue weighted by molar-refractivity contribution is 5.91. The maximum Gasteiger partial charge on any atom is 0.262 e. The Morgan fingerprint density at radius 1 is 1.00 bits per heavy atom. The number of methoxy groups -OCH3 is 1. The van der Waals surface area contributed by atoms with Crippen LogP contribution in [0.4, 0.5) is 10.1 Å². The zero-order valence-electron chi connectivity index (χ0n) is 16.5. The van der Waals surface area contributed by atoms with Crippen LogP contribution in [0.15, 0.2) is 77.3 Å². The Labute approximate surface area is 177 Å². The molecule has 0 unspecified atom stereocenters. The van der Waals surface area contributed by atoms with Crippen LogP contribution >= 0.6 is 0 Å². The highest BCUT2D eigenvalue weighted by atomic mass is 19.1. The van der Waals surface area contributed by atoms with E-state index in [0.717, 1.165) is 11.3 Å². The molecule has 1 amide bonds. The Kier molecular flexibility index (Phi) is 5.89. The van der Waals surface area contributed by atoms with E-state index in [2.05, 4.69) is 15.5 Å². The number of nitrogens with zero attached hydrogens (tertiary/aromatic N) is 2. The molecule has 0 aliphatic carbocycles. The molecule has 0 radical (unpaired) electrons. The lowest BCUT2D eigenvalue weighted by molar-refractivity contribution is -0.118. The van der Waals surface area contributed by atoms with Gasteiger partial charge in [-0.25, -0.2) is 4.39 Å². The summed E-state index contributed by atoms with van der Waals surface area (Å²) in [6.45, 7) is -0.204. The van der Waals surface area contributed by atoms with E-state index in [-0.39, 0.29) is 18.3 Å². The number of ether oxygens (including phenoxy) is 2. The van der Waals surface area contributed by atoms with Gasteiger partial charge in [0.25, 0.3) is 11.8 Å². The van der Waals surface area contributed by atoms with Crippen LogP contribution in [0, 0.1) is 5.82 Å². The van der Waals surface area contributed by atoms with Gasteiger partial charge in [-0.05, 0) is 60.7 Å². The number of nitrogens with one attached hydrogen (secondary N) is 1. The second kappa shape index (κ2) is 9.08. The number of aromatic nitrogens is 2. The number of halogens is 1. The van der Waals surface area contributed by atoms with Gasteiger partial charge >= 0.3 is 0 Å². The smallest absolute Gasteiger partial charge is 0.262 e. The number of hydrogen-bond acceptors (Lipinski definition) is 6. The molecule has 7 nitrogen and oxygen atoms in total. The summed E-state index contributed by atoms with van der Waals surface area (Å²) in [5.74, 6) is 1.25. The Balaban J connectivity index is 1.40. The normalized spacial score (nSPS) is 10.5. The molecular formula is C23H18FN3O4. The molecule has 4 aromatic rings. The van der Waals surface area contributed by atoms with Gasteiger partial charge in [0.15, 0.2) is 6.61 Å². The lowest BCUT2D eigenvalue weighted by atomic mass is 10.2.